The van der Waals surface area contributed by atoms with Gasteiger partial charge < -0.3 is 9.90 Å². The molecule has 1 N–H and O–H groups in total. The number of amides is 4. The number of rotatable bonds is 3. The SMILES string of the molecule is Cc1ccccc1/C=C1\C(=O)NC(=O)N(c2ccc(C(=O)[O-])cc2)C1=O. The Kier molecular flexibility index (Phi) is 4.36. The Balaban J connectivity index is 2.01. The number of hydrogen-bond donors (Lipinski definition) is 1. The number of barbiturate groups is 1. The highest BCUT2D eigenvalue weighted by molar-refractivity contribution is 6.39. The van der Waals surface area contributed by atoms with Crippen LogP contribution in [0.3, 0.4) is 0 Å². The minimum atomic E-state index is -1.37. The van der Waals surface area contributed by atoms with Crippen molar-refractivity contribution >= 4 is 35.6 Å². The van der Waals surface area contributed by atoms with Crippen molar-refractivity contribution < 1.29 is 24.3 Å². The van der Waals surface area contributed by atoms with Crippen molar-refractivity contribution in [3.63, 3.8) is 0 Å². The molecule has 2 aromatic rings. The van der Waals surface area contributed by atoms with Crippen LogP contribution in [0.15, 0.2) is 54.1 Å². The van der Waals surface area contributed by atoms with Gasteiger partial charge in [-0.1, -0.05) is 36.4 Å². The van der Waals surface area contributed by atoms with Crippen molar-refractivity contribution in [1.82, 2.24) is 5.32 Å². The zero-order valence-electron chi connectivity index (χ0n) is 13.7. The predicted octanol–water partition coefficient (Wildman–Crippen LogP) is 1.02. The van der Waals surface area contributed by atoms with Gasteiger partial charge in [0.2, 0.25) is 0 Å². The Labute approximate surface area is 148 Å². The maximum atomic E-state index is 12.7. The number of urea groups is 1. The van der Waals surface area contributed by atoms with Crippen LogP contribution in [0.2, 0.25) is 0 Å². The number of carboxylic acid groups (broad SMARTS) is 1. The van der Waals surface area contributed by atoms with E-state index in [9.17, 15) is 24.3 Å². The Morgan fingerprint density at radius 3 is 2.31 bits per heavy atom. The number of aryl methyl sites for hydroxylation is 1. The van der Waals surface area contributed by atoms with Gasteiger partial charge in [0, 0.05) is 0 Å². The maximum absolute atomic E-state index is 12.7. The first-order valence-electron chi connectivity index (χ1n) is 7.67. The van der Waals surface area contributed by atoms with E-state index in [4.69, 9.17) is 0 Å². The zero-order valence-corrected chi connectivity index (χ0v) is 13.7. The standard InChI is InChI=1S/C19H14N2O5/c1-11-4-2-3-5-13(11)10-15-16(22)20-19(26)21(17(15)23)14-8-6-12(7-9-14)18(24)25/h2-10H,1H3,(H,24,25)(H,20,22,26)/p-1/b15-10+. The lowest BCUT2D eigenvalue weighted by molar-refractivity contribution is -0.255. The summed E-state index contributed by atoms with van der Waals surface area (Å²) in [6.45, 7) is 1.83. The number of carbonyl (C=O) groups excluding carboxylic acids is 4. The molecule has 1 aliphatic heterocycles. The van der Waals surface area contributed by atoms with Gasteiger partial charge in [0.15, 0.2) is 0 Å². The number of anilines is 1. The number of carbonyl (C=O) groups is 4. The van der Waals surface area contributed by atoms with E-state index in [-0.39, 0.29) is 16.8 Å². The molecule has 26 heavy (non-hydrogen) atoms. The van der Waals surface area contributed by atoms with E-state index in [1.165, 1.54) is 30.3 Å². The molecule has 0 aromatic heterocycles. The second kappa shape index (κ2) is 6.64. The van der Waals surface area contributed by atoms with Crippen molar-refractivity contribution in [1.29, 1.82) is 0 Å². The Hall–Kier alpha value is -3.74. The highest BCUT2D eigenvalue weighted by Gasteiger charge is 2.36. The summed E-state index contributed by atoms with van der Waals surface area (Å²) in [7, 11) is 0. The van der Waals surface area contributed by atoms with E-state index in [0.29, 0.717) is 5.56 Å². The molecule has 3 rings (SSSR count). The third-order valence-electron chi connectivity index (χ3n) is 3.95. The summed E-state index contributed by atoms with van der Waals surface area (Å²) in [5.74, 6) is -2.95. The minimum Gasteiger partial charge on any atom is -0.545 e. The molecule has 7 heteroatoms. The molecule has 130 valence electrons. The number of nitrogens with one attached hydrogen (secondary N) is 1. The Bertz CT molecular complexity index is 960. The molecule has 1 aliphatic rings. The van der Waals surface area contributed by atoms with Crippen LogP contribution in [0, 0.1) is 6.92 Å². The monoisotopic (exact) mass is 349 g/mol. The van der Waals surface area contributed by atoms with Crippen molar-refractivity contribution in [3.05, 3.63) is 70.8 Å². The van der Waals surface area contributed by atoms with Crippen molar-refractivity contribution in [2.45, 2.75) is 6.92 Å². The molecule has 0 atom stereocenters. The van der Waals surface area contributed by atoms with E-state index in [1.807, 2.05) is 19.1 Å². The van der Waals surface area contributed by atoms with Crippen molar-refractivity contribution in [3.8, 4) is 0 Å². The molecule has 2 aromatic carbocycles. The summed E-state index contributed by atoms with van der Waals surface area (Å²) in [6, 6.07) is 11.3. The summed E-state index contributed by atoms with van der Waals surface area (Å²) in [5, 5.41) is 12.9. The molecule has 0 radical (unpaired) electrons. The van der Waals surface area contributed by atoms with Crippen LogP contribution in [0.5, 0.6) is 0 Å². The van der Waals surface area contributed by atoms with Gasteiger partial charge in [-0.25, -0.2) is 9.69 Å². The van der Waals surface area contributed by atoms with Crippen LogP contribution in [0.25, 0.3) is 6.08 Å². The predicted molar refractivity (Wildman–Crippen MR) is 91.0 cm³/mol. The lowest BCUT2D eigenvalue weighted by Crippen LogP contribution is -2.54. The van der Waals surface area contributed by atoms with Gasteiger partial charge in [0.1, 0.15) is 5.57 Å². The average Bonchev–Trinajstić information content (AvgIpc) is 2.60. The van der Waals surface area contributed by atoms with Gasteiger partial charge in [0.05, 0.1) is 11.7 Å². The maximum Gasteiger partial charge on any atom is 0.335 e. The van der Waals surface area contributed by atoms with Crippen LogP contribution >= 0.6 is 0 Å². The Morgan fingerprint density at radius 2 is 1.69 bits per heavy atom. The quantitative estimate of drug-likeness (QED) is 0.658. The molecule has 0 spiro atoms. The zero-order chi connectivity index (χ0) is 18.8. The molecule has 0 aliphatic carbocycles. The van der Waals surface area contributed by atoms with E-state index < -0.39 is 23.8 Å². The van der Waals surface area contributed by atoms with E-state index in [2.05, 4.69) is 5.32 Å². The first kappa shape index (κ1) is 17.1. The normalized spacial score (nSPS) is 16.0. The van der Waals surface area contributed by atoms with Gasteiger partial charge in [-0.15, -0.1) is 0 Å². The topological polar surface area (TPSA) is 107 Å². The number of aromatic carboxylic acids is 1. The third-order valence-corrected chi connectivity index (χ3v) is 3.95. The van der Waals surface area contributed by atoms with Crippen molar-refractivity contribution in [2.24, 2.45) is 0 Å². The van der Waals surface area contributed by atoms with E-state index in [0.717, 1.165) is 10.5 Å². The number of benzene rings is 2. The van der Waals surface area contributed by atoms with Gasteiger partial charge in [-0.05, 0) is 41.8 Å². The highest BCUT2D eigenvalue weighted by Crippen LogP contribution is 2.23. The number of nitrogens with zero attached hydrogens (tertiary/aromatic N) is 1. The summed E-state index contributed by atoms with van der Waals surface area (Å²) >= 11 is 0. The smallest absolute Gasteiger partial charge is 0.335 e. The molecule has 0 saturated carbocycles. The minimum absolute atomic E-state index is 0.0923. The third kappa shape index (κ3) is 3.10. The number of imide groups is 2. The molecule has 0 bridgehead atoms. The van der Waals surface area contributed by atoms with E-state index in [1.54, 1.807) is 12.1 Å². The molecule has 1 fully saturated rings. The fourth-order valence-corrected chi connectivity index (χ4v) is 2.54. The molecular weight excluding hydrogens is 336 g/mol. The number of hydrogen-bond acceptors (Lipinski definition) is 5. The Morgan fingerprint density at radius 1 is 1.04 bits per heavy atom. The molecule has 1 heterocycles. The molecular formula is C19H13N2O5-. The second-order valence-corrected chi connectivity index (χ2v) is 5.65. The van der Waals surface area contributed by atoms with Crippen LogP contribution < -0.4 is 15.3 Å². The first-order chi connectivity index (χ1) is 12.4. The highest BCUT2D eigenvalue weighted by atomic mass is 16.4. The summed E-state index contributed by atoms with van der Waals surface area (Å²) in [4.78, 5) is 48.6. The molecule has 4 amide bonds. The first-order valence-corrected chi connectivity index (χ1v) is 7.67. The fraction of sp³-hybridized carbons (Fsp3) is 0.0526. The lowest BCUT2D eigenvalue weighted by Gasteiger charge is -2.26. The summed E-state index contributed by atoms with van der Waals surface area (Å²) in [5.41, 5.74) is 1.39. The fourth-order valence-electron chi connectivity index (χ4n) is 2.54. The van der Waals surface area contributed by atoms with Crippen molar-refractivity contribution in [2.75, 3.05) is 4.90 Å². The summed E-state index contributed by atoms with van der Waals surface area (Å²) in [6.07, 6.45) is 1.42. The largest absolute Gasteiger partial charge is 0.545 e. The van der Waals surface area contributed by atoms with E-state index >= 15 is 0 Å². The van der Waals surface area contributed by atoms with Crippen LogP contribution in [0.4, 0.5) is 10.5 Å². The van der Waals surface area contributed by atoms with Gasteiger partial charge in [0.25, 0.3) is 11.8 Å². The lowest BCUT2D eigenvalue weighted by atomic mass is 10.0. The van der Waals surface area contributed by atoms with Gasteiger partial charge in [-0.3, -0.25) is 14.9 Å². The molecule has 7 nitrogen and oxygen atoms in total. The summed E-state index contributed by atoms with van der Waals surface area (Å²) < 4.78 is 0. The van der Waals surface area contributed by atoms with Crippen LogP contribution in [-0.2, 0) is 9.59 Å². The van der Waals surface area contributed by atoms with Gasteiger partial charge >= 0.3 is 6.03 Å². The van der Waals surface area contributed by atoms with Crippen LogP contribution in [-0.4, -0.2) is 23.8 Å². The van der Waals surface area contributed by atoms with Crippen LogP contribution in [0.1, 0.15) is 21.5 Å². The van der Waals surface area contributed by atoms with Gasteiger partial charge in [-0.2, -0.15) is 0 Å². The molecule has 1 saturated heterocycles. The average molecular weight is 349 g/mol. The second-order valence-electron chi connectivity index (χ2n) is 5.65. The molecule has 0 unspecified atom stereocenters. The number of carboxylic acids is 1.